The van der Waals surface area contributed by atoms with Crippen molar-refractivity contribution >= 4 is 26.8 Å². The standard InChI is InChI=1S/C17H23N3O3S/c1-13(2)20-8-7-14-15(5-4-6-16(14)20)17(21)18-9-11-19(12-10-18)24(3,22)23/h4-8,13H,9-12H2,1-3H3. The van der Waals surface area contributed by atoms with Gasteiger partial charge in [-0.2, -0.15) is 4.31 Å². The van der Waals surface area contributed by atoms with Gasteiger partial charge in [-0.25, -0.2) is 8.42 Å². The third-order valence-electron chi connectivity index (χ3n) is 4.54. The predicted octanol–water partition coefficient (Wildman–Crippen LogP) is 1.94. The maximum absolute atomic E-state index is 12.9. The highest BCUT2D eigenvalue weighted by Crippen LogP contribution is 2.25. The first-order valence-electron chi connectivity index (χ1n) is 8.13. The molecule has 0 spiro atoms. The summed E-state index contributed by atoms with van der Waals surface area (Å²) in [5.74, 6) is -0.0322. The highest BCUT2D eigenvalue weighted by molar-refractivity contribution is 7.88. The number of amides is 1. The topological polar surface area (TPSA) is 62.6 Å². The number of sulfonamides is 1. The van der Waals surface area contributed by atoms with E-state index in [1.165, 1.54) is 10.6 Å². The maximum Gasteiger partial charge on any atom is 0.254 e. The lowest BCUT2D eigenvalue weighted by Crippen LogP contribution is -2.50. The Morgan fingerprint density at radius 3 is 2.33 bits per heavy atom. The molecule has 0 unspecified atom stereocenters. The first kappa shape index (κ1) is 17.0. The number of aromatic nitrogens is 1. The monoisotopic (exact) mass is 349 g/mol. The Balaban J connectivity index is 1.85. The minimum Gasteiger partial charge on any atom is -0.345 e. The third-order valence-corrected chi connectivity index (χ3v) is 5.85. The summed E-state index contributed by atoms with van der Waals surface area (Å²) < 4.78 is 26.8. The van der Waals surface area contributed by atoms with Crippen molar-refractivity contribution in [2.24, 2.45) is 0 Å². The summed E-state index contributed by atoms with van der Waals surface area (Å²) >= 11 is 0. The van der Waals surface area contributed by atoms with E-state index in [0.29, 0.717) is 37.8 Å². The van der Waals surface area contributed by atoms with E-state index in [-0.39, 0.29) is 5.91 Å². The molecule has 0 saturated carbocycles. The highest BCUT2D eigenvalue weighted by Gasteiger charge is 2.27. The van der Waals surface area contributed by atoms with Gasteiger partial charge in [-0.15, -0.1) is 0 Å². The molecular formula is C17H23N3O3S. The van der Waals surface area contributed by atoms with Gasteiger partial charge in [0, 0.05) is 54.9 Å². The van der Waals surface area contributed by atoms with E-state index in [9.17, 15) is 13.2 Å². The average Bonchev–Trinajstić information content (AvgIpc) is 2.97. The molecule has 1 amide bonds. The fourth-order valence-electron chi connectivity index (χ4n) is 3.22. The molecule has 2 aromatic rings. The van der Waals surface area contributed by atoms with E-state index in [1.54, 1.807) is 4.90 Å². The summed E-state index contributed by atoms with van der Waals surface area (Å²) in [4.78, 5) is 14.6. The Morgan fingerprint density at radius 1 is 1.08 bits per heavy atom. The van der Waals surface area contributed by atoms with Crippen LogP contribution in [0.3, 0.4) is 0 Å². The third kappa shape index (κ3) is 3.06. The van der Waals surface area contributed by atoms with Crippen LogP contribution in [0.2, 0.25) is 0 Å². The minimum atomic E-state index is -3.19. The van der Waals surface area contributed by atoms with Crippen LogP contribution in [-0.4, -0.2) is 60.5 Å². The van der Waals surface area contributed by atoms with Crippen molar-refractivity contribution in [2.75, 3.05) is 32.4 Å². The van der Waals surface area contributed by atoms with E-state index in [2.05, 4.69) is 18.4 Å². The maximum atomic E-state index is 12.9. The zero-order valence-corrected chi connectivity index (χ0v) is 15.1. The summed E-state index contributed by atoms with van der Waals surface area (Å²) in [6.07, 6.45) is 3.22. The SMILES string of the molecule is CC(C)n1ccc2c(C(=O)N3CCN(S(C)(=O)=O)CC3)cccc21. The van der Waals surface area contributed by atoms with Gasteiger partial charge in [0.2, 0.25) is 10.0 Å². The number of benzene rings is 1. The molecule has 1 saturated heterocycles. The molecule has 0 atom stereocenters. The number of carbonyl (C=O) groups excluding carboxylic acids is 1. The number of carbonyl (C=O) groups is 1. The molecule has 1 fully saturated rings. The molecule has 1 aliphatic heterocycles. The Morgan fingerprint density at radius 2 is 1.75 bits per heavy atom. The zero-order chi connectivity index (χ0) is 17.5. The molecule has 3 rings (SSSR count). The molecule has 0 bridgehead atoms. The number of rotatable bonds is 3. The molecule has 1 aliphatic rings. The Bertz CT molecular complexity index is 862. The molecule has 2 heterocycles. The van der Waals surface area contributed by atoms with Crippen molar-refractivity contribution in [3.05, 3.63) is 36.0 Å². The van der Waals surface area contributed by atoms with E-state index in [1.807, 2.05) is 30.5 Å². The van der Waals surface area contributed by atoms with E-state index in [4.69, 9.17) is 0 Å². The molecule has 7 heteroatoms. The van der Waals surface area contributed by atoms with E-state index >= 15 is 0 Å². The fraction of sp³-hybridized carbons (Fsp3) is 0.471. The first-order chi connectivity index (χ1) is 11.3. The summed E-state index contributed by atoms with van der Waals surface area (Å²) in [6.45, 7) is 5.78. The first-order valence-corrected chi connectivity index (χ1v) is 9.98. The Labute approximate surface area is 142 Å². The van der Waals surface area contributed by atoms with E-state index in [0.717, 1.165) is 10.9 Å². The van der Waals surface area contributed by atoms with Crippen LogP contribution in [0.25, 0.3) is 10.9 Å². The highest BCUT2D eigenvalue weighted by atomic mass is 32.2. The van der Waals surface area contributed by atoms with E-state index < -0.39 is 10.0 Å². The molecule has 1 aromatic heterocycles. The van der Waals surface area contributed by atoms with Gasteiger partial charge in [-0.3, -0.25) is 4.79 Å². The van der Waals surface area contributed by atoms with Crippen LogP contribution in [-0.2, 0) is 10.0 Å². The van der Waals surface area contributed by atoms with Crippen molar-refractivity contribution in [1.29, 1.82) is 0 Å². The van der Waals surface area contributed by atoms with Gasteiger partial charge >= 0.3 is 0 Å². The molecule has 0 aliphatic carbocycles. The van der Waals surface area contributed by atoms with Gasteiger partial charge in [-0.1, -0.05) is 6.07 Å². The predicted molar refractivity (Wildman–Crippen MR) is 94.6 cm³/mol. The smallest absolute Gasteiger partial charge is 0.254 e. The Hall–Kier alpha value is -1.86. The molecular weight excluding hydrogens is 326 g/mol. The van der Waals surface area contributed by atoms with Crippen molar-refractivity contribution in [1.82, 2.24) is 13.8 Å². The zero-order valence-electron chi connectivity index (χ0n) is 14.3. The number of hydrogen-bond acceptors (Lipinski definition) is 3. The van der Waals surface area contributed by atoms with Crippen LogP contribution in [0.1, 0.15) is 30.2 Å². The normalized spacial score (nSPS) is 16.9. The van der Waals surface area contributed by atoms with Gasteiger partial charge in [0.1, 0.15) is 0 Å². The second-order valence-electron chi connectivity index (χ2n) is 6.51. The number of fused-ring (bicyclic) bond motifs is 1. The van der Waals surface area contributed by atoms with Crippen LogP contribution in [0.5, 0.6) is 0 Å². The van der Waals surface area contributed by atoms with Crippen LogP contribution < -0.4 is 0 Å². The fourth-order valence-corrected chi connectivity index (χ4v) is 4.05. The summed E-state index contributed by atoms with van der Waals surface area (Å²) in [5.41, 5.74) is 1.73. The van der Waals surface area contributed by atoms with Gasteiger partial charge in [0.05, 0.1) is 6.26 Å². The van der Waals surface area contributed by atoms with Crippen LogP contribution in [0, 0.1) is 0 Å². The van der Waals surface area contributed by atoms with Crippen molar-refractivity contribution in [3.8, 4) is 0 Å². The summed E-state index contributed by atoms with van der Waals surface area (Å²) in [6, 6.07) is 8.08. The van der Waals surface area contributed by atoms with Crippen LogP contribution in [0.15, 0.2) is 30.5 Å². The molecule has 1 aromatic carbocycles. The summed E-state index contributed by atoms with van der Waals surface area (Å²) in [7, 11) is -3.19. The van der Waals surface area contributed by atoms with Crippen molar-refractivity contribution < 1.29 is 13.2 Å². The minimum absolute atomic E-state index is 0.0322. The van der Waals surface area contributed by atoms with Gasteiger partial charge in [0.25, 0.3) is 5.91 Å². The number of piperazine rings is 1. The lowest BCUT2D eigenvalue weighted by molar-refractivity contribution is 0.0700. The quantitative estimate of drug-likeness (QED) is 0.851. The molecule has 0 radical (unpaired) electrons. The molecule has 130 valence electrons. The second-order valence-corrected chi connectivity index (χ2v) is 8.49. The van der Waals surface area contributed by atoms with Gasteiger partial charge in [-0.05, 0) is 32.0 Å². The lowest BCUT2D eigenvalue weighted by Gasteiger charge is -2.33. The van der Waals surface area contributed by atoms with Crippen molar-refractivity contribution in [3.63, 3.8) is 0 Å². The average molecular weight is 349 g/mol. The molecule has 24 heavy (non-hydrogen) atoms. The summed E-state index contributed by atoms with van der Waals surface area (Å²) in [5, 5.41) is 0.946. The van der Waals surface area contributed by atoms with Crippen LogP contribution >= 0.6 is 0 Å². The number of hydrogen-bond donors (Lipinski definition) is 0. The van der Waals surface area contributed by atoms with Crippen molar-refractivity contribution in [2.45, 2.75) is 19.9 Å². The van der Waals surface area contributed by atoms with Crippen LogP contribution in [0.4, 0.5) is 0 Å². The largest absolute Gasteiger partial charge is 0.345 e. The van der Waals surface area contributed by atoms with Gasteiger partial charge < -0.3 is 9.47 Å². The second kappa shape index (κ2) is 6.22. The Kier molecular flexibility index (Phi) is 4.40. The lowest BCUT2D eigenvalue weighted by atomic mass is 10.1. The van der Waals surface area contributed by atoms with Gasteiger partial charge in [0.15, 0.2) is 0 Å². The molecule has 0 N–H and O–H groups in total. The molecule has 6 nitrogen and oxygen atoms in total. The number of nitrogens with zero attached hydrogens (tertiary/aromatic N) is 3.